The lowest BCUT2D eigenvalue weighted by Crippen LogP contribution is -2.28. The molecule has 2 rings (SSSR count). The number of carboxylic acids is 1. The highest BCUT2D eigenvalue weighted by molar-refractivity contribution is 5.97. The Bertz CT molecular complexity index is 755. The van der Waals surface area contributed by atoms with Crippen LogP contribution in [0.5, 0.6) is 0 Å². The molecule has 1 aromatic heterocycles. The van der Waals surface area contributed by atoms with Crippen molar-refractivity contribution in [2.75, 3.05) is 0 Å². The van der Waals surface area contributed by atoms with Gasteiger partial charge in [-0.3, -0.25) is 9.59 Å². The summed E-state index contributed by atoms with van der Waals surface area (Å²) in [5.41, 5.74) is 0.556. The van der Waals surface area contributed by atoms with Crippen molar-refractivity contribution in [1.82, 2.24) is 5.32 Å². The Labute approximate surface area is 130 Å². The molecule has 1 atom stereocenters. The van der Waals surface area contributed by atoms with Gasteiger partial charge in [0.1, 0.15) is 12.2 Å². The number of rotatable bonds is 5. The van der Waals surface area contributed by atoms with Gasteiger partial charge in [0.05, 0.1) is 17.9 Å². The second kappa shape index (κ2) is 6.60. The smallest absolute Gasteiger partial charge is 0.311 e. The van der Waals surface area contributed by atoms with Crippen molar-refractivity contribution in [2.24, 2.45) is 0 Å². The molecule has 0 bridgehead atoms. The standard InChI is InChI=1S/C16H15F2NO4/c1-8-7-23-12(6-13(20)21)14(8)16(22)19-9(2)10-4-3-5-11(17)15(10)18/h3-5,7,9H,6H2,1-2H3,(H,19,22)(H,20,21). The number of carbonyl (C=O) groups excluding carboxylic acids is 1. The number of hydrogen-bond acceptors (Lipinski definition) is 3. The maximum atomic E-state index is 13.8. The molecule has 1 aromatic carbocycles. The zero-order valence-electron chi connectivity index (χ0n) is 12.5. The minimum Gasteiger partial charge on any atom is -0.481 e. The van der Waals surface area contributed by atoms with E-state index in [-0.39, 0.29) is 16.9 Å². The fraction of sp³-hybridized carbons (Fsp3) is 0.250. The van der Waals surface area contributed by atoms with Crippen LogP contribution in [-0.2, 0) is 11.2 Å². The molecule has 5 nitrogen and oxygen atoms in total. The van der Waals surface area contributed by atoms with Gasteiger partial charge in [-0.1, -0.05) is 12.1 Å². The van der Waals surface area contributed by atoms with E-state index >= 15 is 0 Å². The minimum absolute atomic E-state index is 0.000664. The van der Waals surface area contributed by atoms with Crippen molar-refractivity contribution >= 4 is 11.9 Å². The quantitative estimate of drug-likeness (QED) is 0.886. The van der Waals surface area contributed by atoms with Crippen LogP contribution in [0.15, 0.2) is 28.9 Å². The normalized spacial score (nSPS) is 12.0. The third-order valence-electron chi connectivity index (χ3n) is 3.39. The number of carboxylic acid groups (broad SMARTS) is 1. The molecule has 23 heavy (non-hydrogen) atoms. The molecule has 0 aliphatic carbocycles. The van der Waals surface area contributed by atoms with Crippen molar-refractivity contribution in [3.8, 4) is 0 Å². The molecule has 0 aliphatic heterocycles. The Hall–Kier alpha value is -2.70. The predicted molar refractivity (Wildman–Crippen MR) is 77.0 cm³/mol. The molecule has 122 valence electrons. The zero-order chi connectivity index (χ0) is 17.1. The van der Waals surface area contributed by atoms with Crippen molar-refractivity contribution in [1.29, 1.82) is 0 Å². The predicted octanol–water partition coefficient (Wildman–Crippen LogP) is 2.98. The van der Waals surface area contributed by atoms with Crippen LogP contribution in [-0.4, -0.2) is 17.0 Å². The first-order chi connectivity index (χ1) is 10.8. The Kier molecular flexibility index (Phi) is 4.78. The summed E-state index contributed by atoms with van der Waals surface area (Å²) in [6.45, 7) is 3.10. The molecule has 1 heterocycles. The fourth-order valence-corrected chi connectivity index (χ4v) is 2.27. The van der Waals surface area contributed by atoms with Crippen LogP contribution in [0.4, 0.5) is 8.78 Å². The SMILES string of the molecule is Cc1coc(CC(=O)O)c1C(=O)NC(C)c1cccc(F)c1F. The van der Waals surface area contributed by atoms with E-state index in [0.717, 1.165) is 6.07 Å². The van der Waals surface area contributed by atoms with Gasteiger partial charge in [0.15, 0.2) is 11.6 Å². The molecule has 0 saturated carbocycles. The Morgan fingerprint density at radius 3 is 2.70 bits per heavy atom. The topological polar surface area (TPSA) is 79.5 Å². The van der Waals surface area contributed by atoms with Crippen LogP contribution in [0.25, 0.3) is 0 Å². The summed E-state index contributed by atoms with van der Waals surface area (Å²) in [4.78, 5) is 23.1. The number of furan rings is 1. The summed E-state index contributed by atoms with van der Waals surface area (Å²) in [5.74, 6) is -3.77. The number of halogens is 2. The molecule has 0 aliphatic rings. The van der Waals surface area contributed by atoms with Gasteiger partial charge in [-0.15, -0.1) is 0 Å². The Balaban J connectivity index is 2.24. The van der Waals surface area contributed by atoms with Gasteiger partial charge in [0.25, 0.3) is 5.91 Å². The minimum atomic E-state index is -1.14. The van der Waals surface area contributed by atoms with E-state index in [9.17, 15) is 18.4 Å². The third kappa shape index (κ3) is 3.56. The maximum Gasteiger partial charge on any atom is 0.311 e. The fourth-order valence-electron chi connectivity index (χ4n) is 2.27. The average Bonchev–Trinajstić information content (AvgIpc) is 2.81. The first-order valence-corrected chi connectivity index (χ1v) is 6.84. The zero-order valence-corrected chi connectivity index (χ0v) is 12.5. The number of aryl methyl sites for hydroxylation is 1. The van der Waals surface area contributed by atoms with Crippen molar-refractivity contribution < 1.29 is 27.9 Å². The Morgan fingerprint density at radius 2 is 2.04 bits per heavy atom. The largest absolute Gasteiger partial charge is 0.481 e. The van der Waals surface area contributed by atoms with E-state index in [1.54, 1.807) is 6.92 Å². The van der Waals surface area contributed by atoms with E-state index in [4.69, 9.17) is 9.52 Å². The van der Waals surface area contributed by atoms with Gasteiger partial charge >= 0.3 is 5.97 Å². The summed E-state index contributed by atoms with van der Waals surface area (Å²) in [6.07, 6.45) is 0.833. The third-order valence-corrected chi connectivity index (χ3v) is 3.39. The molecule has 0 fully saturated rings. The molecule has 1 unspecified atom stereocenters. The summed E-state index contributed by atoms with van der Waals surface area (Å²) in [6, 6.07) is 2.89. The number of benzene rings is 1. The molecule has 7 heteroatoms. The molecule has 0 saturated heterocycles. The molecule has 0 spiro atoms. The van der Waals surface area contributed by atoms with Crippen LogP contribution in [0, 0.1) is 18.6 Å². The van der Waals surface area contributed by atoms with Gasteiger partial charge in [-0.2, -0.15) is 0 Å². The molecular weight excluding hydrogens is 308 g/mol. The second-order valence-corrected chi connectivity index (χ2v) is 5.13. The van der Waals surface area contributed by atoms with Crippen molar-refractivity contribution in [2.45, 2.75) is 26.3 Å². The molecule has 1 amide bonds. The summed E-state index contributed by atoms with van der Waals surface area (Å²) in [5, 5.41) is 11.3. The van der Waals surface area contributed by atoms with Crippen LogP contribution >= 0.6 is 0 Å². The highest BCUT2D eigenvalue weighted by atomic mass is 19.2. The van der Waals surface area contributed by atoms with E-state index in [0.29, 0.717) is 5.56 Å². The first kappa shape index (κ1) is 16.7. The van der Waals surface area contributed by atoms with Crippen LogP contribution in [0.1, 0.15) is 40.2 Å². The van der Waals surface area contributed by atoms with Gasteiger partial charge in [-0.05, 0) is 19.9 Å². The lowest BCUT2D eigenvalue weighted by atomic mass is 10.1. The van der Waals surface area contributed by atoms with Crippen LogP contribution in [0.2, 0.25) is 0 Å². The number of hydrogen-bond donors (Lipinski definition) is 2. The average molecular weight is 323 g/mol. The number of amides is 1. The van der Waals surface area contributed by atoms with Gasteiger partial charge < -0.3 is 14.8 Å². The first-order valence-electron chi connectivity index (χ1n) is 6.84. The van der Waals surface area contributed by atoms with Crippen LogP contribution in [0.3, 0.4) is 0 Å². The molecular formula is C16H15F2NO4. The number of nitrogens with one attached hydrogen (secondary N) is 1. The molecule has 2 N–H and O–H groups in total. The molecule has 0 radical (unpaired) electrons. The summed E-state index contributed by atoms with van der Waals surface area (Å²) >= 11 is 0. The maximum absolute atomic E-state index is 13.8. The summed E-state index contributed by atoms with van der Waals surface area (Å²) in [7, 11) is 0. The lowest BCUT2D eigenvalue weighted by molar-refractivity contribution is -0.136. The highest BCUT2D eigenvalue weighted by Crippen LogP contribution is 2.22. The summed E-state index contributed by atoms with van der Waals surface area (Å²) < 4.78 is 32.1. The van der Waals surface area contributed by atoms with E-state index in [1.807, 2.05) is 0 Å². The molecule has 2 aromatic rings. The highest BCUT2D eigenvalue weighted by Gasteiger charge is 2.23. The van der Waals surface area contributed by atoms with Crippen molar-refractivity contribution in [3.05, 3.63) is 58.5 Å². The number of aliphatic carboxylic acids is 1. The second-order valence-electron chi connectivity index (χ2n) is 5.13. The Morgan fingerprint density at radius 1 is 1.35 bits per heavy atom. The monoisotopic (exact) mass is 323 g/mol. The van der Waals surface area contributed by atoms with Crippen molar-refractivity contribution in [3.63, 3.8) is 0 Å². The number of carbonyl (C=O) groups is 2. The van der Waals surface area contributed by atoms with Crippen LogP contribution < -0.4 is 5.32 Å². The van der Waals surface area contributed by atoms with E-state index in [1.165, 1.54) is 25.3 Å². The van der Waals surface area contributed by atoms with E-state index < -0.39 is 36.0 Å². The van der Waals surface area contributed by atoms with Gasteiger partial charge in [0.2, 0.25) is 0 Å². The van der Waals surface area contributed by atoms with Gasteiger partial charge in [-0.25, -0.2) is 8.78 Å². The van der Waals surface area contributed by atoms with Gasteiger partial charge in [0, 0.05) is 11.1 Å². The lowest BCUT2D eigenvalue weighted by Gasteiger charge is -2.15. The van der Waals surface area contributed by atoms with E-state index in [2.05, 4.69) is 5.32 Å².